The second-order valence-electron chi connectivity index (χ2n) is 9.56. The van der Waals surface area contributed by atoms with Gasteiger partial charge in [-0.25, -0.2) is 4.90 Å². The summed E-state index contributed by atoms with van der Waals surface area (Å²) in [6, 6.07) is 32.1. The summed E-state index contributed by atoms with van der Waals surface area (Å²) in [7, 11) is 0. The first kappa shape index (κ1) is 25.5. The number of ether oxygens (including phenoxy) is 2. The summed E-state index contributed by atoms with van der Waals surface area (Å²) in [5, 5.41) is 9.44. The van der Waals surface area contributed by atoms with Crippen LogP contribution in [0.1, 0.15) is 56.2 Å². The molecule has 0 aromatic heterocycles. The van der Waals surface area contributed by atoms with Gasteiger partial charge in [0.25, 0.3) is 11.8 Å². The Bertz CT molecular complexity index is 1440. The van der Waals surface area contributed by atoms with Crippen LogP contribution in [0.3, 0.4) is 0 Å². The van der Waals surface area contributed by atoms with Crippen LogP contribution in [0, 0.1) is 0 Å². The van der Waals surface area contributed by atoms with Gasteiger partial charge in [-0.05, 0) is 47.5 Å². The van der Waals surface area contributed by atoms with Gasteiger partial charge in [-0.2, -0.15) is 0 Å². The van der Waals surface area contributed by atoms with Crippen LogP contribution in [-0.2, 0) is 16.1 Å². The van der Waals surface area contributed by atoms with E-state index in [0.29, 0.717) is 23.2 Å². The van der Waals surface area contributed by atoms with E-state index in [1.54, 1.807) is 48.2 Å². The Morgan fingerprint density at radius 1 is 0.744 bits per heavy atom. The third kappa shape index (κ3) is 5.27. The standard InChI is InChI=1S/C32H27NO5S/c34-19-21-10-12-22(13-11-21)29-18-25(20-39-26-6-2-1-3-7-26)37-32(38-29)23-14-16-24(17-15-23)33-30(35)27-8-4-5-9-28(27)31(33)36/h1-17,25,29,32,34H,18-20H2/t25-,29+,32+/m1/s1. The molecule has 3 atom stereocenters. The SMILES string of the molecule is O=C1c2ccccc2C(=O)N1c1ccc([C@H]2O[C@@H](CSc3ccccc3)C[C@@H](c3ccc(CO)cc3)O2)cc1. The van der Waals surface area contributed by atoms with E-state index in [0.717, 1.165) is 22.4 Å². The molecule has 0 saturated carbocycles. The fourth-order valence-electron chi connectivity index (χ4n) is 4.93. The lowest BCUT2D eigenvalue weighted by Gasteiger charge is -2.36. The van der Waals surface area contributed by atoms with Gasteiger partial charge in [-0.15, -0.1) is 11.8 Å². The highest BCUT2D eigenvalue weighted by Gasteiger charge is 2.37. The van der Waals surface area contributed by atoms with Gasteiger partial charge in [-0.3, -0.25) is 9.59 Å². The van der Waals surface area contributed by atoms with E-state index in [1.165, 1.54) is 9.80 Å². The minimum atomic E-state index is -0.612. The van der Waals surface area contributed by atoms with Crippen LogP contribution in [-0.4, -0.2) is 28.8 Å². The number of carbonyl (C=O) groups excluding carboxylic acids is 2. The van der Waals surface area contributed by atoms with Crippen molar-refractivity contribution < 1.29 is 24.2 Å². The molecule has 6 rings (SSSR count). The van der Waals surface area contributed by atoms with E-state index >= 15 is 0 Å². The Hall–Kier alpha value is -3.75. The number of hydrogen-bond acceptors (Lipinski definition) is 6. The van der Waals surface area contributed by atoms with Crippen molar-refractivity contribution in [3.8, 4) is 0 Å². The third-order valence-electron chi connectivity index (χ3n) is 7.01. The first-order valence-corrected chi connectivity index (χ1v) is 13.9. The molecule has 2 aliphatic rings. The summed E-state index contributed by atoms with van der Waals surface area (Å²) in [5.41, 5.74) is 4.02. The average Bonchev–Trinajstić information content (AvgIpc) is 3.26. The predicted molar refractivity (Wildman–Crippen MR) is 150 cm³/mol. The number of benzene rings is 4. The van der Waals surface area contributed by atoms with Gasteiger partial charge in [0.1, 0.15) is 0 Å². The van der Waals surface area contributed by atoms with Crippen LogP contribution in [0.15, 0.2) is 108 Å². The van der Waals surface area contributed by atoms with Crippen molar-refractivity contribution in [2.75, 3.05) is 10.7 Å². The van der Waals surface area contributed by atoms with Gasteiger partial charge in [-0.1, -0.05) is 66.7 Å². The van der Waals surface area contributed by atoms with Crippen LogP contribution >= 0.6 is 11.8 Å². The van der Waals surface area contributed by atoms with Crippen LogP contribution in [0.4, 0.5) is 5.69 Å². The molecule has 196 valence electrons. The number of aliphatic hydroxyl groups excluding tert-OH is 1. The molecule has 1 fully saturated rings. The Morgan fingerprint density at radius 3 is 2.00 bits per heavy atom. The number of thioether (sulfide) groups is 1. The molecule has 6 nitrogen and oxygen atoms in total. The average molecular weight is 538 g/mol. The van der Waals surface area contributed by atoms with Crippen molar-refractivity contribution in [1.82, 2.24) is 0 Å². The Balaban J connectivity index is 1.23. The molecule has 2 heterocycles. The number of hydrogen-bond donors (Lipinski definition) is 1. The van der Waals surface area contributed by atoms with Crippen LogP contribution in [0.5, 0.6) is 0 Å². The van der Waals surface area contributed by atoms with Crippen molar-refractivity contribution >= 4 is 29.3 Å². The van der Waals surface area contributed by atoms with Gasteiger partial charge in [0.2, 0.25) is 0 Å². The van der Waals surface area contributed by atoms with Crippen molar-refractivity contribution in [3.63, 3.8) is 0 Å². The number of amides is 2. The predicted octanol–water partition coefficient (Wildman–Crippen LogP) is 6.32. The van der Waals surface area contributed by atoms with Crippen molar-refractivity contribution in [1.29, 1.82) is 0 Å². The molecule has 0 aliphatic carbocycles. The second-order valence-corrected chi connectivity index (χ2v) is 10.7. The first-order chi connectivity index (χ1) is 19.1. The highest BCUT2D eigenvalue weighted by molar-refractivity contribution is 7.99. The Kier molecular flexibility index (Phi) is 7.30. The normalized spacial score (nSPS) is 20.7. The monoisotopic (exact) mass is 537 g/mol. The molecule has 1 N–H and O–H groups in total. The highest BCUT2D eigenvalue weighted by Crippen LogP contribution is 2.40. The summed E-state index contributed by atoms with van der Waals surface area (Å²) >= 11 is 1.75. The maximum absolute atomic E-state index is 12.9. The molecular formula is C32H27NO5S. The highest BCUT2D eigenvalue weighted by atomic mass is 32.2. The lowest BCUT2D eigenvalue weighted by molar-refractivity contribution is -0.245. The van der Waals surface area contributed by atoms with Gasteiger partial charge in [0.15, 0.2) is 6.29 Å². The number of carbonyl (C=O) groups is 2. The minimum Gasteiger partial charge on any atom is -0.392 e. The number of imide groups is 1. The molecular weight excluding hydrogens is 510 g/mol. The van der Waals surface area contributed by atoms with E-state index in [-0.39, 0.29) is 30.6 Å². The van der Waals surface area contributed by atoms with Gasteiger partial charge in [0, 0.05) is 22.6 Å². The molecule has 2 aliphatic heterocycles. The molecule has 4 aromatic rings. The lowest BCUT2D eigenvalue weighted by Crippen LogP contribution is -2.31. The number of aliphatic hydroxyl groups is 1. The fraction of sp³-hybridized carbons (Fsp3) is 0.188. The van der Waals surface area contributed by atoms with Crippen LogP contribution in [0.2, 0.25) is 0 Å². The lowest BCUT2D eigenvalue weighted by atomic mass is 10.0. The van der Waals surface area contributed by atoms with Gasteiger partial charge >= 0.3 is 0 Å². The van der Waals surface area contributed by atoms with E-state index < -0.39 is 6.29 Å². The van der Waals surface area contributed by atoms with Crippen molar-refractivity contribution in [2.45, 2.75) is 36.4 Å². The Morgan fingerprint density at radius 2 is 1.36 bits per heavy atom. The second kappa shape index (κ2) is 11.2. The largest absolute Gasteiger partial charge is 0.392 e. The Labute approximate surface area is 231 Å². The summed E-state index contributed by atoms with van der Waals surface area (Å²) in [4.78, 5) is 28.2. The molecule has 0 bridgehead atoms. The third-order valence-corrected chi connectivity index (χ3v) is 8.16. The van der Waals surface area contributed by atoms with Gasteiger partial charge < -0.3 is 14.6 Å². The molecule has 2 amide bonds. The topological polar surface area (TPSA) is 76.1 Å². The molecule has 4 aromatic carbocycles. The molecule has 0 unspecified atom stereocenters. The summed E-state index contributed by atoms with van der Waals surface area (Å²) in [6.07, 6.45) is -0.165. The molecule has 7 heteroatoms. The minimum absolute atomic E-state index is 0.00661. The molecule has 0 radical (unpaired) electrons. The van der Waals surface area contributed by atoms with E-state index in [4.69, 9.17) is 9.47 Å². The zero-order valence-corrected chi connectivity index (χ0v) is 21.9. The van der Waals surface area contributed by atoms with Gasteiger partial charge in [0.05, 0.1) is 35.6 Å². The van der Waals surface area contributed by atoms with Crippen LogP contribution < -0.4 is 4.90 Å². The maximum atomic E-state index is 12.9. The zero-order chi connectivity index (χ0) is 26.8. The molecule has 1 saturated heterocycles. The number of nitrogens with zero attached hydrogens (tertiary/aromatic N) is 1. The van der Waals surface area contributed by atoms with Crippen LogP contribution in [0.25, 0.3) is 0 Å². The van der Waals surface area contributed by atoms with E-state index in [1.807, 2.05) is 54.6 Å². The smallest absolute Gasteiger partial charge is 0.266 e. The molecule has 0 spiro atoms. The number of fused-ring (bicyclic) bond motifs is 1. The van der Waals surface area contributed by atoms with Crippen molar-refractivity contribution in [2.24, 2.45) is 0 Å². The maximum Gasteiger partial charge on any atom is 0.266 e. The number of rotatable bonds is 7. The first-order valence-electron chi connectivity index (χ1n) is 12.9. The molecule has 39 heavy (non-hydrogen) atoms. The van der Waals surface area contributed by atoms with E-state index in [9.17, 15) is 14.7 Å². The van der Waals surface area contributed by atoms with E-state index in [2.05, 4.69) is 12.1 Å². The summed E-state index contributed by atoms with van der Waals surface area (Å²) in [5.74, 6) is 0.123. The quantitative estimate of drug-likeness (QED) is 0.220. The summed E-state index contributed by atoms with van der Waals surface area (Å²) in [6.45, 7) is -0.00661. The van der Waals surface area contributed by atoms with Crippen molar-refractivity contribution in [3.05, 3.63) is 131 Å². The zero-order valence-electron chi connectivity index (χ0n) is 21.1. The number of anilines is 1. The fourth-order valence-corrected chi connectivity index (χ4v) is 5.88. The summed E-state index contributed by atoms with van der Waals surface area (Å²) < 4.78 is 12.8.